The summed E-state index contributed by atoms with van der Waals surface area (Å²) >= 11 is 0. The molecule has 13 heteroatoms. The van der Waals surface area contributed by atoms with E-state index in [0.717, 1.165) is 27.8 Å². The lowest BCUT2D eigenvalue weighted by atomic mass is 10.0. The summed E-state index contributed by atoms with van der Waals surface area (Å²) in [5.74, 6) is -3.41. The first kappa shape index (κ1) is 46.4. The first-order valence-electron chi connectivity index (χ1n) is 20.4. The molecule has 0 bridgehead atoms. The third-order valence-electron chi connectivity index (χ3n) is 9.79. The summed E-state index contributed by atoms with van der Waals surface area (Å²) in [6.07, 6.45) is 0.132. The molecule has 62 heavy (non-hydrogen) atoms. The van der Waals surface area contributed by atoms with Crippen LogP contribution in [0.2, 0.25) is 0 Å². The molecule has 0 heterocycles. The molecule has 5 aromatic carbocycles. The molecule has 0 saturated carbocycles. The minimum absolute atomic E-state index is 0.0354. The Balaban J connectivity index is 1.33. The zero-order valence-electron chi connectivity index (χ0n) is 34.7. The molecular weight excluding hydrogens is 791 g/mol. The van der Waals surface area contributed by atoms with Crippen molar-refractivity contribution in [3.8, 4) is 0 Å². The number of nitrogens with zero attached hydrogens (tertiary/aromatic N) is 3. The second-order valence-corrected chi connectivity index (χ2v) is 14.6. The average Bonchev–Trinajstić information content (AvgIpc) is 3.29. The smallest absolute Gasteiger partial charge is 0.321 e. The molecule has 0 fully saturated rings. The lowest BCUT2D eigenvalue weighted by Crippen LogP contribution is -2.51. The van der Waals surface area contributed by atoms with Gasteiger partial charge in [-0.2, -0.15) is 0 Å². The van der Waals surface area contributed by atoms with E-state index in [2.05, 4.69) is 0 Å². The average molecular weight is 844 g/mol. The molecule has 0 aliphatic carbocycles. The van der Waals surface area contributed by atoms with Gasteiger partial charge in [0, 0.05) is 26.2 Å². The second kappa shape index (κ2) is 25.8. The third-order valence-corrected chi connectivity index (χ3v) is 9.79. The van der Waals surface area contributed by atoms with Gasteiger partial charge in [-0.1, -0.05) is 152 Å². The van der Waals surface area contributed by atoms with Crippen molar-refractivity contribution in [3.05, 3.63) is 179 Å². The molecule has 0 amide bonds. The van der Waals surface area contributed by atoms with Crippen molar-refractivity contribution in [3.63, 3.8) is 0 Å². The van der Waals surface area contributed by atoms with Gasteiger partial charge in [-0.15, -0.1) is 0 Å². The molecule has 0 unspecified atom stereocenters. The Bertz CT molecular complexity index is 1870. The molecule has 1 atom stereocenters. The number of ether oxygens (including phenoxy) is 4. The van der Waals surface area contributed by atoms with Crippen LogP contribution in [-0.4, -0.2) is 108 Å². The van der Waals surface area contributed by atoms with E-state index < -0.39 is 35.9 Å². The van der Waals surface area contributed by atoms with E-state index in [-0.39, 0.29) is 85.2 Å². The van der Waals surface area contributed by atoms with Crippen molar-refractivity contribution in [1.29, 1.82) is 0 Å². The van der Waals surface area contributed by atoms with Crippen LogP contribution < -0.4 is 0 Å². The van der Waals surface area contributed by atoms with Crippen LogP contribution in [0.4, 0.5) is 0 Å². The number of hydrogen-bond donors (Lipinski definition) is 1. The van der Waals surface area contributed by atoms with Crippen LogP contribution in [0.3, 0.4) is 0 Å². The highest BCUT2D eigenvalue weighted by Gasteiger charge is 2.29. The first-order chi connectivity index (χ1) is 30.2. The number of aliphatic carboxylic acids is 1. The molecule has 13 nitrogen and oxygen atoms in total. The van der Waals surface area contributed by atoms with E-state index in [1.54, 1.807) is 14.7 Å². The molecule has 0 radical (unpaired) electrons. The Morgan fingerprint density at radius 3 is 0.903 bits per heavy atom. The summed E-state index contributed by atoms with van der Waals surface area (Å²) in [4.78, 5) is 70.7. The lowest BCUT2D eigenvalue weighted by Gasteiger charge is -2.33. The summed E-state index contributed by atoms with van der Waals surface area (Å²) in [5, 5.41) is 10.7. The number of carbonyl (C=O) groups excluding carboxylic acids is 4. The fourth-order valence-corrected chi connectivity index (χ4v) is 6.47. The number of carbonyl (C=O) groups is 5. The molecule has 0 aliphatic rings. The van der Waals surface area contributed by atoms with Gasteiger partial charge >= 0.3 is 29.8 Å². The Kier molecular flexibility index (Phi) is 19.3. The lowest BCUT2D eigenvalue weighted by molar-refractivity contribution is -0.151. The minimum atomic E-state index is -1.10. The highest BCUT2D eigenvalue weighted by atomic mass is 16.5. The normalized spacial score (nSPS) is 11.5. The van der Waals surface area contributed by atoms with Crippen LogP contribution in [-0.2, 0) is 75.8 Å². The maximum Gasteiger partial charge on any atom is 0.321 e. The summed E-state index contributed by atoms with van der Waals surface area (Å²) in [7, 11) is 0. The van der Waals surface area contributed by atoms with Gasteiger partial charge in [0.25, 0.3) is 0 Å². The molecule has 1 N–H and O–H groups in total. The predicted octanol–water partition coefficient (Wildman–Crippen LogP) is 5.56. The van der Waals surface area contributed by atoms with Crippen molar-refractivity contribution in [2.24, 2.45) is 0 Å². The van der Waals surface area contributed by atoms with Gasteiger partial charge in [-0.25, -0.2) is 0 Å². The van der Waals surface area contributed by atoms with E-state index in [9.17, 15) is 29.1 Å². The van der Waals surface area contributed by atoms with Gasteiger partial charge in [0.15, 0.2) is 0 Å². The highest BCUT2D eigenvalue weighted by molar-refractivity contribution is 5.76. The summed E-state index contributed by atoms with van der Waals surface area (Å²) < 4.78 is 22.2. The van der Waals surface area contributed by atoms with E-state index in [1.165, 1.54) is 0 Å². The molecule has 0 saturated heterocycles. The van der Waals surface area contributed by atoms with Crippen molar-refractivity contribution in [1.82, 2.24) is 14.7 Å². The second-order valence-electron chi connectivity index (χ2n) is 14.6. The van der Waals surface area contributed by atoms with Crippen LogP contribution in [0.1, 0.15) is 27.8 Å². The van der Waals surface area contributed by atoms with Crippen LogP contribution >= 0.6 is 0 Å². The minimum Gasteiger partial charge on any atom is -0.480 e. The molecule has 5 rings (SSSR count). The molecule has 0 aliphatic heterocycles. The maximum absolute atomic E-state index is 13.2. The van der Waals surface area contributed by atoms with Crippen LogP contribution in [0.25, 0.3) is 0 Å². The van der Waals surface area contributed by atoms with Gasteiger partial charge in [-0.05, 0) is 34.2 Å². The number of carboxylic acids is 1. The van der Waals surface area contributed by atoms with Gasteiger partial charge < -0.3 is 24.1 Å². The molecule has 0 aromatic heterocycles. The van der Waals surface area contributed by atoms with E-state index in [4.69, 9.17) is 18.9 Å². The van der Waals surface area contributed by atoms with Crippen LogP contribution in [0.15, 0.2) is 152 Å². The standard InChI is InChI=1S/C49H53N3O10/c53-45(59-35-40-18-8-2-9-19-40)31-50(32-46(54)60-36-41-20-10-3-11-21-41)26-28-52(44(49(57)58)30-39-16-6-1-7-17-39)29-27-51(33-47(55)61-37-42-22-12-4-13-23-42)34-48(56)62-38-43-24-14-5-15-25-43/h1-25,44H,26-38H2,(H,57,58)/t44-/m0/s1. The van der Waals surface area contributed by atoms with Gasteiger partial charge in [0.05, 0.1) is 26.2 Å². The van der Waals surface area contributed by atoms with Crippen molar-refractivity contribution >= 4 is 29.8 Å². The van der Waals surface area contributed by atoms with Crippen molar-refractivity contribution in [2.45, 2.75) is 38.9 Å². The molecule has 324 valence electrons. The topological polar surface area (TPSA) is 152 Å². The van der Waals surface area contributed by atoms with E-state index in [0.29, 0.717) is 0 Å². The number of esters is 4. The first-order valence-corrected chi connectivity index (χ1v) is 20.4. The Morgan fingerprint density at radius 2 is 0.645 bits per heavy atom. The number of rotatable bonds is 26. The molecule has 5 aromatic rings. The SMILES string of the molecule is O=C(CN(CCN(CCN(CC(=O)OCc1ccccc1)CC(=O)OCc1ccccc1)[C@@H](Cc1ccccc1)C(=O)O)CC(=O)OCc1ccccc1)OCc1ccccc1. The summed E-state index contributed by atoms with van der Waals surface area (Å²) in [6.45, 7) is -0.667. The van der Waals surface area contributed by atoms with Gasteiger partial charge in [0.1, 0.15) is 32.5 Å². The maximum atomic E-state index is 13.2. The highest BCUT2D eigenvalue weighted by Crippen LogP contribution is 2.13. The largest absolute Gasteiger partial charge is 0.480 e. The molecule has 0 spiro atoms. The number of benzene rings is 5. The van der Waals surface area contributed by atoms with Gasteiger partial charge in [-0.3, -0.25) is 38.7 Å². The zero-order chi connectivity index (χ0) is 43.8. The fraction of sp³-hybridized carbons (Fsp3) is 0.286. The van der Waals surface area contributed by atoms with Crippen molar-refractivity contribution < 1.29 is 48.0 Å². The zero-order valence-corrected chi connectivity index (χ0v) is 34.7. The summed E-state index contributed by atoms with van der Waals surface area (Å²) in [5.41, 5.74) is 3.96. The monoisotopic (exact) mass is 843 g/mol. The van der Waals surface area contributed by atoms with E-state index in [1.807, 2.05) is 152 Å². The van der Waals surface area contributed by atoms with E-state index >= 15 is 0 Å². The Labute approximate surface area is 362 Å². The summed E-state index contributed by atoms with van der Waals surface area (Å²) in [6, 6.07) is 44.9. The Morgan fingerprint density at radius 1 is 0.387 bits per heavy atom. The van der Waals surface area contributed by atoms with Crippen LogP contribution in [0.5, 0.6) is 0 Å². The Hall–Kier alpha value is -6.67. The van der Waals surface area contributed by atoms with Gasteiger partial charge in [0.2, 0.25) is 0 Å². The fourth-order valence-electron chi connectivity index (χ4n) is 6.47. The quantitative estimate of drug-likeness (QED) is 0.0547. The molecular formula is C49H53N3O10. The van der Waals surface area contributed by atoms with Crippen molar-refractivity contribution in [2.75, 3.05) is 52.4 Å². The predicted molar refractivity (Wildman–Crippen MR) is 231 cm³/mol. The van der Waals surface area contributed by atoms with Crippen LogP contribution in [0, 0.1) is 0 Å². The number of carboxylic acid groups (broad SMARTS) is 1. The number of hydrogen-bond acceptors (Lipinski definition) is 12. The third kappa shape index (κ3) is 17.5.